The summed E-state index contributed by atoms with van der Waals surface area (Å²) in [7, 11) is 3.97. The maximum atomic E-state index is 4.83. The third kappa shape index (κ3) is 3.19. The van der Waals surface area contributed by atoms with Crippen LogP contribution in [0.15, 0.2) is 6.20 Å². The van der Waals surface area contributed by atoms with E-state index in [2.05, 4.69) is 51.2 Å². The van der Waals surface area contributed by atoms with Crippen LogP contribution in [-0.2, 0) is 18.9 Å². The Balaban J connectivity index is 2.51. The van der Waals surface area contributed by atoms with E-state index in [0.29, 0.717) is 0 Å². The van der Waals surface area contributed by atoms with Gasteiger partial charge < -0.3 is 5.32 Å². The molecule has 1 N–H and O–H groups in total. The maximum Gasteiger partial charge on any atom is 0.115 e. The largest absolute Gasteiger partial charge is 0.307 e. The highest BCUT2D eigenvalue weighted by Crippen LogP contribution is 2.34. The quantitative estimate of drug-likeness (QED) is 0.942. The number of nitrogens with one attached hydrogen (secondary N) is 1. The molecule has 0 aliphatic rings. The molecule has 4 nitrogen and oxygen atoms in total. The Hall–Kier alpha value is -1.20. The van der Waals surface area contributed by atoms with Gasteiger partial charge in [0.2, 0.25) is 0 Å². The molecule has 0 bridgehead atoms. The van der Waals surface area contributed by atoms with E-state index < -0.39 is 0 Å². The van der Waals surface area contributed by atoms with Crippen molar-refractivity contribution < 1.29 is 0 Å². The average Bonchev–Trinajstić information content (AvgIpc) is 2.94. The number of thiazole rings is 1. The molecule has 0 spiro atoms. The fraction of sp³-hybridized carbons (Fsp3) is 0.625. The maximum absolute atomic E-state index is 4.83. The van der Waals surface area contributed by atoms with Gasteiger partial charge in [-0.05, 0) is 20.4 Å². The van der Waals surface area contributed by atoms with Crippen molar-refractivity contribution in [2.45, 2.75) is 52.5 Å². The molecule has 2 aromatic heterocycles. The van der Waals surface area contributed by atoms with Crippen molar-refractivity contribution in [3.05, 3.63) is 33.0 Å². The minimum atomic E-state index is 0.0194. The van der Waals surface area contributed by atoms with E-state index in [0.717, 1.165) is 17.1 Å². The van der Waals surface area contributed by atoms with Crippen LogP contribution in [0.25, 0.3) is 0 Å². The molecule has 2 aromatic rings. The van der Waals surface area contributed by atoms with Crippen molar-refractivity contribution in [3.8, 4) is 0 Å². The van der Waals surface area contributed by atoms with E-state index in [9.17, 15) is 0 Å². The van der Waals surface area contributed by atoms with Gasteiger partial charge in [0.05, 0.1) is 17.4 Å². The summed E-state index contributed by atoms with van der Waals surface area (Å²) in [6.45, 7) is 10.9. The molecule has 2 heterocycles. The van der Waals surface area contributed by atoms with Crippen LogP contribution in [0.4, 0.5) is 0 Å². The summed E-state index contributed by atoms with van der Waals surface area (Å²) in [5, 5.41) is 9.23. The van der Waals surface area contributed by atoms with Crippen LogP contribution >= 0.6 is 11.3 Å². The predicted molar refractivity (Wildman–Crippen MR) is 89.0 cm³/mol. The standard InChI is InChI=1S/C16H26N4S/c1-8-12-10(2)21-15(18-12)13(17-6)11-9-20(7)19-14(11)16(3,4)5/h9,13,17H,8H2,1-7H3. The van der Waals surface area contributed by atoms with E-state index in [-0.39, 0.29) is 11.5 Å². The van der Waals surface area contributed by atoms with Gasteiger partial charge in [0.25, 0.3) is 0 Å². The summed E-state index contributed by atoms with van der Waals surface area (Å²) in [5.41, 5.74) is 3.58. The zero-order valence-electron chi connectivity index (χ0n) is 14.1. The van der Waals surface area contributed by atoms with Gasteiger partial charge in [-0.15, -0.1) is 11.3 Å². The highest BCUT2D eigenvalue weighted by atomic mass is 32.1. The van der Waals surface area contributed by atoms with E-state index in [4.69, 9.17) is 4.98 Å². The first kappa shape index (κ1) is 16.2. The fourth-order valence-corrected chi connectivity index (χ4v) is 3.75. The molecule has 0 saturated heterocycles. The number of aromatic nitrogens is 3. The zero-order chi connectivity index (χ0) is 15.8. The smallest absolute Gasteiger partial charge is 0.115 e. The molecule has 116 valence electrons. The first-order valence-electron chi connectivity index (χ1n) is 7.45. The number of nitrogens with zero attached hydrogens (tertiary/aromatic N) is 3. The summed E-state index contributed by atoms with van der Waals surface area (Å²) in [5.74, 6) is 0. The van der Waals surface area contributed by atoms with E-state index in [1.54, 1.807) is 11.3 Å². The minimum absolute atomic E-state index is 0.0194. The van der Waals surface area contributed by atoms with Gasteiger partial charge in [0.15, 0.2) is 0 Å². The summed E-state index contributed by atoms with van der Waals surface area (Å²) >= 11 is 1.78. The topological polar surface area (TPSA) is 42.7 Å². The monoisotopic (exact) mass is 306 g/mol. The number of hydrogen-bond donors (Lipinski definition) is 1. The second-order valence-corrected chi connectivity index (χ2v) is 7.72. The van der Waals surface area contributed by atoms with Gasteiger partial charge in [-0.2, -0.15) is 5.10 Å². The average molecular weight is 306 g/mol. The Bertz CT molecular complexity index is 619. The summed E-state index contributed by atoms with van der Waals surface area (Å²) in [6.07, 6.45) is 3.10. The molecule has 1 unspecified atom stereocenters. The second-order valence-electron chi connectivity index (χ2n) is 6.49. The van der Waals surface area contributed by atoms with E-state index in [1.165, 1.54) is 16.1 Å². The predicted octanol–water partition coefficient (Wildman–Crippen LogP) is 3.35. The third-order valence-electron chi connectivity index (χ3n) is 3.66. The molecule has 0 aliphatic carbocycles. The molecule has 0 radical (unpaired) electrons. The van der Waals surface area contributed by atoms with E-state index in [1.807, 2.05) is 18.8 Å². The molecule has 0 amide bonds. The lowest BCUT2D eigenvalue weighted by Crippen LogP contribution is -2.22. The van der Waals surface area contributed by atoms with Crippen LogP contribution in [0.2, 0.25) is 0 Å². The lowest BCUT2D eigenvalue weighted by molar-refractivity contribution is 0.539. The fourth-order valence-electron chi connectivity index (χ4n) is 2.61. The van der Waals surface area contributed by atoms with Crippen molar-refractivity contribution in [2.24, 2.45) is 7.05 Å². The Labute approximate surface area is 131 Å². The first-order chi connectivity index (χ1) is 9.77. The van der Waals surface area contributed by atoms with Crippen molar-refractivity contribution >= 4 is 11.3 Å². The van der Waals surface area contributed by atoms with Crippen LogP contribution in [0.1, 0.15) is 60.6 Å². The SMILES string of the molecule is CCc1nc(C(NC)c2cn(C)nc2C(C)(C)C)sc1C. The molecule has 2 rings (SSSR count). The Morgan fingerprint density at radius 3 is 2.52 bits per heavy atom. The lowest BCUT2D eigenvalue weighted by atomic mass is 9.87. The summed E-state index contributed by atoms with van der Waals surface area (Å²) in [4.78, 5) is 6.14. The summed E-state index contributed by atoms with van der Waals surface area (Å²) in [6, 6.07) is 0.108. The Morgan fingerprint density at radius 1 is 1.38 bits per heavy atom. The van der Waals surface area contributed by atoms with Crippen molar-refractivity contribution in [3.63, 3.8) is 0 Å². The van der Waals surface area contributed by atoms with Crippen LogP contribution < -0.4 is 5.32 Å². The van der Waals surface area contributed by atoms with Gasteiger partial charge in [-0.3, -0.25) is 4.68 Å². The van der Waals surface area contributed by atoms with Crippen molar-refractivity contribution in [1.82, 2.24) is 20.1 Å². The van der Waals surface area contributed by atoms with Crippen LogP contribution in [0, 0.1) is 6.92 Å². The number of aryl methyl sites for hydroxylation is 3. The highest BCUT2D eigenvalue weighted by Gasteiger charge is 2.28. The van der Waals surface area contributed by atoms with Gasteiger partial charge >= 0.3 is 0 Å². The molecular formula is C16H26N4S. The second kappa shape index (κ2) is 5.89. The van der Waals surface area contributed by atoms with Gasteiger partial charge in [0, 0.05) is 29.1 Å². The van der Waals surface area contributed by atoms with E-state index >= 15 is 0 Å². The third-order valence-corrected chi connectivity index (χ3v) is 4.74. The van der Waals surface area contributed by atoms with Gasteiger partial charge in [0.1, 0.15) is 5.01 Å². The molecule has 0 saturated carbocycles. The van der Waals surface area contributed by atoms with Crippen LogP contribution in [0.3, 0.4) is 0 Å². The molecule has 0 fully saturated rings. The lowest BCUT2D eigenvalue weighted by Gasteiger charge is -2.21. The normalized spacial score (nSPS) is 13.7. The zero-order valence-corrected chi connectivity index (χ0v) is 14.9. The molecule has 0 aliphatic heterocycles. The van der Waals surface area contributed by atoms with Crippen LogP contribution in [-0.4, -0.2) is 21.8 Å². The first-order valence-corrected chi connectivity index (χ1v) is 8.27. The highest BCUT2D eigenvalue weighted by molar-refractivity contribution is 7.11. The number of hydrogen-bond acceptors (Lipinski definition) is 4. The molecule has 21 heavy (non-hydrogen) atoms. The summed E-state index contributed by atoms with van der Waals surface area (Å²) < 4.78 is 1.90. The van der Waals surface area contributed by atoms with Crippen LogP contribution in [0.5, 0.6) is 0 Å². The van der Waals surface area contributed by atoms with Gasteiger partial charge in [-0.25, -0.2) is 4.98 Å². The van der Waals surface area contributed by atoms with Crippen molar-refractivity contribution in [2.75, 3.05) is 7.05 Å². The Kier molecular flexibility index (Phi) is 4.54. The van der Waals surface area contributed by atoms with Crippen molar-refractivity contribution in [1.29, 1.82) is 0 Å². The molecular weight excluding hydrogens is 280 g/mol. The van der Waals surface area contributed by atoms with Gasteiger partial charge in [-0.1, -0.05) is 27.7 Å². The number of rotatable bonds is 4. The minimum Gasteiger partial charge on any atom is -0.307 e. The molecule has 0 aromatic carbocycles. The molecule has 5 heteroatoms. The molecule has 1 atom stereocenters. The Morgan fingerprint density at radius 2 is 2.05 bits per heavy atom.